The number of halogens is 3. The first-order chi connectivity index (χ1) is 7.82. The van der Waals surface area contributed by atoms with Crippen molar-refractivity contribution in [1.82, 2.24) is 0 Å². The Morgan fingerprint density at radius 1 is 1.24 bits per heavy atom. The van der Waals surface area contributed by atoms with Gasteiger partial charge in [-0.15, -0.1) is 11.6 Å². The summed E-state index contributed by atoms with van der Waals surface area (Å²) in [6.07, 6.45) is 0. The summed E-state index contributed by atoms with van der Waals surface area (Å²) in [4.78, 5) is 0. The van der Waals surface area contributed by atoms with Crippen LogP contribution in [-0.4, -0.2) is 20.1 Å². The molecule has 1 N–H and O–H groups in total. The Labute approximate surface area is 116 Å². The molecule has 0 saturated carbocycles. The van der Waals surface area contributed by atoms with Crippen LogP contribution in [0.4, 0.5) is 5.69 Å². The van der Waals surface area contributed by atoms with Gasteiger partial charge in [0.1, 0.15) is 0 Å². The molecular formula is C10H12Cl3NO2S. The quantitative estimate of drug-likeness (QED) is 0.844. The maximum absolute atomic E-state index is 11.7. The standard InChI is InChI=1S/C10H12Cl3NO2S/c1-7(5-11)6-17(15,16)14-10-3-8(12)2-9(13)4-10/h2-4,7,14H,5-6H2,1H3. The summed E-state index contributed by atoms with van der Waals surface area (Å²) >= 11 is 17.1. The number of alkyl halides is 1. The molecule has 0 radical (unpaired) electrons. The SMILES string of the molecule is CC(CCl)CS(=O)(=O)Nc1cc(Cl)cc(Cl)c1. The zero-order valence-electron chi connectivity index (χ0n) is 9.08. The topological polar surface area (TPSA) is 46.2 Å². The van der Waals surface area contributed by atoms with Gasteiger partial charge in [-0.1, -0.05) is 30.1 Å². The molecule has 1 unspecified atom stereocenters. The van der Waals surface area contributed by atoms with Crippen molar-refractivity contribution in [3.8, 4) is 0 Å². The average Bonchev–Trinajstić information content (AvgIpc) is 2.13. The van der Waals surface area contributed by atoms with Gasteiger partial charge in [-0.05, 0) is 24.1 Å². The number of hydrogen-bond donors (Lipinski definition) is 1. The van der Waals surface area contributed by atoms with Gasteiger partial charge < -0.3 is 0 Å². The molecule has 1 rings (SSSR count). The molecular weight excluding hydrogens is 305 g/mol. The minimum absolute atomic E-state index is 0.0410. The van der Waals surface area contributed by atoms with Crippen LogP contribution in [0.25, 0.3) is 0 Å². The molecule has 0 amide bonds. The van der Waals surface area contributed by atoms with Crippen molar-refractivity contribution in [2.75, 3.05) is 16.4 Å². The van der Waals surface area contributed by atoms with Gasteiger partial charge in [-0.25, -0.2) is 8.42 Å². The van der Waals surface area contributed by atoms with Crippen molar-refractivity contribution in [3.05, 3.63) is 28.2 Å². The van der Waals surface area contributed by atoms with Crippen LogP contribution < -0.4 is 4.72 Å². The Morgan fingerprint density at radius 2 is 1.76 bits per heavy atom. The van der Waals surface area contributed by atoms with Crippen molar-refractivity contribution in [1.29, 1.82) is 0 Å². The molecule has 0 heterocycles. The first-order valence-corrected chi connectivity index (χ1v) is 7.79. The number of hydrogen-bond acceptors (Lipinski definition) is 2. The molecule has 0 aliphatic rings. The molecule has 0 bridgehead atoms. The second kappa shape index (κ2) is 6.14. The van der Waals surface area contributed by atoms with Gasteiger partial charge in [0.05, 0.1) is 11.4 Å². The monoisotopic (exact) mass is 315 g/mol. The van der Waals surface area contributed by atoms with Gasteiger partial charge in [0, 0.05) is 15.9 Å². The van der Waals surface area contributed by atoms with E-state index in [1.807, 2.05) is 0 Å². The Kier molecular flexibility index (Phi) is 5.38. The fourth-order valence-electron chi connectivity index (χ4n) is 1.25. The number of nitrogens with one attached hydrogen (secondary N) is 1. The lowest BCUT2D eigenvalue weighted by atomic mass is 10.3. The van der Waals surface area contributed by atoms with Crippen molar-refractivity contribution >= 4 is 50.5 Å². The lowest BCUT2D eigenvalue weighted by Gasteiger charge is -2.11. The highest BCUT2D eigenvalue weighted by Crippen LogP contribution is 2.23. The predicted molar refractivity (Wildman–Crippen MR) is 73.8 cm³/mol. The molecule has 1 aromatic carbocycles. The summed E-state index contributed by atoms with van der Waals surface area (Å²) in [6.45, 7) is 1.76. The van der Waals surface area contributed by atoms with Gasteiger partial charge in [-0.2, -0.15) is 0 Å². The van der Waals surface area contributed by atoms with Crippen LogP contribution in [0.15, 0.2) is 18.2 Å². The van der Waals surface area contributed by atoms with E-state index in [2.05, 4.69) is 4.72 Å². The number of benzene rings is 1. The lowest BCUT2D eigenvalue weighted by Crippen LogP contribution is -2.22. The van der Waals surface area contributed by atoms with E-state index in [0.717, 1.165) is 0 Å². The van der Waals surface area contributed by atoms with E-state index in [-0.39, 0.29) is 17.6 Å². The third-order valence-electron chi connectivity index (χ3n) is 1.90. The molecule has 0 spiro atoms. The Balaban J connectivity index is 2.83. The Bertz CT molecular complexity index is 470. The lowest BCUT2D eigenvalue weighted by molar-refractivity contribution is 0.588. The molecule has 0 fully saturated rings. The predicted octanol–water partition coefficient (Wildman–Crippen LogP) is 3.61. The highest BCUT2D eigenvalue weighted by molar-refractivity contribution is 7.92. The highest BCUT2D eigenvalue weighted by Gasteiger charge is 2.15. The Hall–Kier alpha value is -0.160. The van der Waals surface area contributed by atoms with E-state index in [9.17, 15) is 8.42 Å². The van der Waals surface area contributed by atoms with E-state index in [1.165, 1.54) is 18.2 Å². The molecule has 3 nitrogen and oxygen atoms in total. The Morgan fingerprint density at radius 3 is 2.24 bits per heavy atom. The van der Waals surface area contributed by atoms with Crippen LogP contribution >= 0.6 is 34.8 Å². The van der Waals surface area contributed by atoms with Crippen LogP contribution in [0.3, 0.4) is 0 Å². The zero-order chi connectivity index (χ0) is 13.1. The second-order valence-corrected chi connectivity index (χ2v) is 6.75. The third-order valence-corrected chi connectivity index (χ3v) is 4.42. The largest absolute Gasteiger partial charge is 0.283 e. The van der Waals surface area contributed by atoms with E-state index >= 15 is 0 Å². The molecule has 7 heteroatoms. The third kappa shape index (κ3) is 5.34. The molecule has 1 atom stereocenters. The first kappa shape index (κ1) is 14.9. The summed E-state index contributed by atoms with van der Waals surface area (Å²) in [5.41, 5.74) is 0.351. The van der Waals surface area contributed by atoms with Crippen molar-refractivity contribution in [2.45, 2.75) is 6.92 Å². The fourth-order valence-corrected chi connectivity index (χ4v) is 3.44. The maximum Gasteiger partial charge on any atom is 0.233 e. The summed E-state index contributed by atoms with van der Waals surface area (Å²) in [7, 11) is -3.43. The van der Waals surface area contributed by atoms with Crippen molar-refractivity contribution < 1.29 is 8.42 Å². The fraction of sp³-hybridized carbons (Fsp3) is 0.400. The smallest absolute Gasteiger partial charge is 0.233 e. The van der Waals surface area contributed by atoms with Gasteiger partial charge in [0.15, 0.2) is 0 Å². The van der Waals surface area contributed by atoms with Gasteiger partial charge >= 0.3 is 0 Å². The van der Waals surface area contributed by atoms with E-state index in [0.29, 0.717) is 15.7 Å². The summed E-state index contributed by atoms with van der Waals surface area (Å²) in [5, 5.41) is 0.751. The first-order valence-electron chi connectivity index (χ1n) is 4.85. The van der Waals surface area contributed by atoms with Crippen molar-refractivity contribution in [3.63, 3.8) is 0 Å². The molecule has 1 aromatic rings. The van der Waals surface area contributed by atoms with Crippen LogP contribution in [0.1, 0.15) is 6.92 Å². The average molecular weight is 317 g/mol. The van der Waals surface area contributed by atoms with E-state index < -0.39 is 10.0 Å². The number of sulfonamides is 1. The molecule has 0 aliphatic carbocycles. The van der Waals surface area contributed by atoms with Gasteiger partial charge in [0.25, 0.3) is 0 Å². The molecule has 17 heavy (non-hydrogen) atoms. The van der Waals surface area contributed by atoms with Crippen LogP contribution in [0.2, 0.25) is 10.0 Å². The van der Waals surface area contributed by atoms with Crippen LogP contribution in [0.5, 0.6) is 0 Å². The van der Waals surface area contributed by atoms with Gasteiger partial charge in [-0.3, -0.25) is 4.72 Å². The van der Waals surface area contributed by atoms with E-state index in [1.54, 1.807) is 6.92 Å². The molecule has 0 aliphatic heterocycles. The summed E-state index contributed by atoms with van der Waals surface area (Å²) in [5.74, 6) is 0.126. The van der Waals surface area contributed by atoms with Crippen molar-refractivity contribution in [2.24, 2.45) is 5.92 Å². The van der Waals surface area contributed by atoms with Crippen LogP contribution in [0, 0.1) is 5.92 Å². The molecule has 0 aromatic heterocycles. The number of rotatable bonds is 5. The van der Waals surface area contributed by atoms with Crippen LogP contribution in [-0.2, 0) is 10.0 Å². The summed E-state index contributed by atoms with van der Waals surface area (Å²) < 4.78 is 25.9. The minimum atomic E-state index is -3.43. The zero-order valence-corrected chi connectivity index (χ0v) is 12.2. The molecule has 96 valence electrons. The highest BCUT2D eigenvalue weighted by atomic mass is 35.5. The maximum atomic E-state index is 11.7. The second-order valence-electron chi connectivity index (χ2n) is 3.80. The molecule has 0 saturated heterocycles. The van der Waals surface area contributed by atoms with E-state index in [4.69, 9.17) is 34.8 Å². The minimum Gasteiger partial charge on any atom is -0.283 e. The normalized spacial score (nSPS) is 13.4. The van der Waals surface area contributed by atoms with Gasteiger partial charge in [0.2, 0.25) is 10.0 Å². The number of anilines is 1. The summed E-state index contributed by atoms with van der Waals surface area (Å²) in [6, 6.07) is 4.52.